The SMILES string of the molecule is COc1ccc(CC(=O)N[C@H](c2cc(=O)[nH]c(-c3cccnc3)n2)C(C)C)cc1. The number of nitrogens with zero attached hydrogens (tertiary/aromatic N) is 2. The third kappa shape index (κ3) is 5.28. The van der Waals surface area contributed by atoms with Crippen molar-refractivity contribution in [3.63, 3.8) is 0 Å². The first-order valence-electron chi connectivity index (χ1n) is 9.40. The van der Waals surface area contributed by atoms with Crippen LogP contribution in [0.2, 0.25) is 0 Å². The van der Waals surface area contributed by atoms with Gasteiger partial charge in [0.1, 0.15) is 11.6 Å². The topological polar surface area (TPSA) is 97.0 Å². The van der Waals surface area contributed by atoms with Crippen molar-refractivity contribution in [2.24, 2.45) is 5.92 Å². The molecule has 0 saturated carbocycles. The maximum Gasteiger partial charge on any atom is 0.251 e. The maximum atomic E-state index is 12.6. The molecule has 7 heteroatoms. The predicted octanol–water partition coefficient (Wildman–Crippen LogP) is 2.90. The molecule has 0 aliphatic carbocycles. The van der Waals surface area contributed by atoms with Gasteiger partial charge in [-0.1, -0.05) is 26.0 Å². The molecule has 2 N–H and O–H groups in total. The van der Waals surface area contributed by atoms with Crippen LogP contribution in [0.25, 0.3) is 11.4 Å². The van der Waals surface area contributed by atoms with E-state index in [9.17, 15) is 9.59 Å². The highest BCUT2D eigenvalue weighted by Crippen LogP contribution is 2.21. The van der Waals surface area contributed by atoms with E-state index in [1.807, 2.05) is 44.2 Å². The summed E-state index contributed by atoms with van der Waals surface area (Å²) in [6, 6.07) is 12.0. The first kappa shape index (κ1) is 20.3. The van der Waals surface area contributed by atoms with E-state index < -0.39 is 6.04 Å². The summed E-state index contributed by atoms with van der Waals surface area (Å²) >= 11 is 0. The highest BCUT2D eigenvalue weighted by molar-refractivity contribution is 5.79. The summed E-state index contributed by atoms with van der Waals surface area (Å²) < 4.78 is 5.14. The van der Waals surface area contributed by atoms with Gasteiger partial charge in [-0.25, -0.2) is 4.98 Å². The summed E-state index contributed by atoms with van der Waals surface area (Å²) in [5.41, 5.74) is 1.83. The smallest absolute Gasteiger partial charge is 0.251 e. The number of aromatic amines is 1. The zero-order valence-electron chi connectivity index (χ0n) is 16.7. The zero-order chi connectivity index (χ0) is 20.8. The minimum atomic E-state index is -0.390. The van der Waals surface area contributed by atoms with Crippen LogP contribution in [0.3, 0.4) is 0 Å². The third-order valence-electron chi connectivity index (χ3n) is 4.52. The van der Waals surface area contributed by atoms with Gasteiger partial charge >= 0.3 is 0 Å². The van der Waals surface area contributed by atoms with Gasteiger partial charge < -0.3 is 15.0 Å². The Morgan fingerprint density at radius 1 is 1.21 bits per heavy atom. The fraction of sp³-hybridized carbons (Fsp3) is 0.273. The van der Waals surface area contributed by atoms with Crippen molar-refractivity contribution in [1.82, 2.24) is 20.3 Å². The van der Waals surface area contributed by atoms with Crippen molar-refractivity contribution in [2.75, 3.05) is 7.11 Å². The molecular weight excluding hydrogens is 368 g/mol. The Hall–Kier alpha value is -3.48. The number of ether oxygens (including phenoxy) is 1. The number of hydrogen-bond acceptors (Lipinski definition) is 5. The Labute approximate surface area is 169 Å². The Bertz CT molecular complexity index is 1010. The Kier molecular flexibility index (Phi) is 6.39. The summed E-state index contributed by atoms with van der Waals surface area (Å²) in [5.74, 6) is 1.07. The monoisotopic (exact) mass is 392 g/mol. The van der Waals surface area contributed by atoms with E-state index in [1.54, 1.807) is 25.6 Å². The largest absolute Gasteiger partial charge is 0.497 e. The molecular formula is C22H24N4O3. The normalized spacial score (nSPS) is 11.9. The zero-order valence-corrected chi connectivity index (χ0v) is 16.7. The summed E-state index contributed by atoms with van der Waals surface area (Å²) in [5, 5.41) is 3.01. The molecule has 3 aromatic rings. The lowest BCUT2D eigenvalue weighted by atomic mass is 9.99. The molecule has 7 nitrogen and oxygen atoms in total. The molecule has 2 aromatic heterocycles. The van der Waals surface area contributed by atoms with Crippen LogP contribution in [-0.2, 0) is 11.2 Å². The number of benzene rings is 1. The highest BCUT2D eigenvalue weighted by atomic mass is 16.5. The molecule has 0 radical (unpaired) electrons. The number of rotatable bonds is 7. The van der Waals surface area contributed by atoms with Crippen LogP contribution in [-0.4, -0.2) is 28.0 Å². The second kappa shape index (κ2) is 9.14. The Balaban J connectivity index is 1.81. The van der Waals surface area contributed by atoms with E-state index in [-0.39, 0.29) is 23.8 Å². The summed E-state index contributed by atoms with van der Waals surface area (Å²) in [6.45, 7) is 3.95. The summed E-state index contributed by atoms with van der Waals surface area (Å²) in [7, 11) is 1.60. The minimum absolute atomic E-state index is 0.0471. The Morgan fingerprint density at radius 2 is 1.97 bits per heavy atom. The number of hydrogen-bond donors (Lipinski definition) is 2. The van der Waals surface area contributed by atoms with Crippen LogP contribution in [0.4, 0.5) is 0 Å². The van der Waals surface area contributed by atoms with Crippen molar-refractivity contribution in [3.05, 3.63) is 76.5 Å². The van der Waals surface area contributed by atoms with E-state index in [4.69, 9.17) is 4.74 Å². The fourth-order valence-electron chi connectivity index (χ4n) is 3.01. The summed E-state index contributed by atoms with van der Waals surface area (Å²) in [4.78, 5) is 36.2. The molecule has 0 unspecified atom stereocenters. The van der Waals surface area contributed by atoms with Crippen LogP contribution in [0, 0.1) is 5.92 Å². The molecule has 3 rings (SSSR count). The van der Waals surface area contributed by atoms with Gasteiger partial charge in [-0.3, -0.25) is 14.6 Å². The minimum Gasteiger partial charge on any atom is -0.497 e. The lowest BCUT2D eigenvalue weighted by Gasteiger charge is -2.22. The first-order chi connectivity index (χ1) is 14.0. The molecule has 0 saturated heterocycles. The first-order valence-corrected chi connectivity index (χ1v) is 9.40. The molecule has 0 aliphatic rings. The van der Waals surface area contributed by atoms with Crippen LogP contribution >= 0.6 is 0 Å². The second-order valence-corrected chi connectivity index (χ2v) is 7.07. The average Bonchev–Trinajstić information content (AvgIpc) is 2.72. The standard InChI is InChI=1S/C22H24N4O3/c1-14(2)21(25-19(27)11-15-6-8-17(29-3)9-7-15)18-12-20(28)26-22(24-18)16-5-4-10-23-13-16/h4-10,12-14,21H,11H2,1-3H3,(H,25,27)(H,24,26,28)/t21-/m0/s1. The van der Waals surface area contributed by atoms with Gasteiger partial charge in [0.2, 0.25) is 5.91 Å². The predicted molar refractivity (Wildman–Crippen MR) is 111 cm³/mol. The van der Waals surface area contributed by atoms with E-state index in [2.05, 4.69) is 20.3 Å². The van der Waals surface area contributed by atoms with E-state index in [0.29, 0.717) is 17.1 Å². The molecule has 0 bridgehead atoms. The molecule has 0 spiro atoms. The number of nitrogens with one attached hydrogen (secondary N) is 2. The van der Waals surface area contributed by atoms with Crippen molar-refractivity contribution >= 4 is 5.91 Å². The molecule has 29 heavy (non-hydrogen) atoms. The van der Waals surface area contributed by atoms with Gasteiger partial charge in [0.25, 0.3) is 5.56 Å². The highest BCUT2D eigenvalue weighted by Gasteiger charge is 2.21. The molecule has 1 aromatic carbocycles. The fourth-order valence-corrected chi connectivity index (χ4v) is 3.01. The number of carbonyl (C=O) groups excluding carboxylic acids is 1. The summed E-state index contributed by atoms with van der Waals surface area (Å²) in [6.07, 6.45) is 3.52. The van der Waals surface area contributed by atoms with Crippen LogP contribution in [0.1, 0.15) is 31.1 Å². The molecule has 1 atom stereocenters. The van der Waals surface area contributed by atoms with Gasteiger partial charge in [-0.05, 0) is 35.7 Å². The van der Waals surface area contributed by atoms with Gasteiger partial charge in [0.05, 0.1) is 25.3 Å². The number of methoxy groups -OCH3 is 1. The van der Waals surface area contributed by atoms with Crippen molar-refractivity contribution < 1.29 is 9.53 Å². The number of amides is 1. The number of carbonyl (C=O) groups is 1. The molecule has 1 amide bonds. The van der Waals surface area contributed by atoms with Crippen LogP contribution in [0.5, 0.6) is 5.75 Å². The van der Waals surface area contributed by atoms with E-state index >= 15 is 0 Å². The number of pyridine rings is 1. The number of aromatic nitrogens is 3. The van der Waals surface area contributed by atoms with Crippen LogP contribution in [0.15, 0.2) is 59.7 Å². The Morgan fingerprint density at radius 3 is 2.59 bits per heavy atom. The number of H-pyrrole nitrogens is 1. The molecule has 2 heterocycles. The molecule has 150 valence electrons. The van der Waals surface area contributed by atoms with Gasteiger partial charge in [-0.15, -0.1) is 0 Å². The van der Waals surface area contributed by atoms with Gasteiger partial charge in [0.15, 0.2) is 0 Å². The lowest BCUT2D eigenvalue weighted by Crippen LogP contribution is -2.34. The van der Waals surface area contributed by atoms with Crippen molar-refractivity contribution in [1.29, 1.82) is 0 Å². The third-order valence-corrected chi connectivity index (χ3v) is 4.52. The maximum absolute atomic E-state index is 12.6. The average molecular weight is 392 g/mol. The van der Waals surface area contributed by atoms with Gasteiger partial charge in [0, 0.05) is 24.0 Å². The van der Waals surface area contributed by atoms with Crippen molar-refractivity contribution in [2.45, 2.75) is 26.3 Å². The quantitative estimate of drug-likeness (QED) is 0.644. The molecule has 0 fully saturated rings. The van der Waals surface area contributed by atoms with E-state index in [0.717, 1.165) is 11.3 Å². The van der Waals surface area contributed by atoms with E-state index in [1.165, 1.54) is 6.07 Å². The lowest BCUT2D eigenvalue weighted by molar-refractivity contribution is -0.121. The van der Waals surface area contributed by atoms with Crippen LogP contribution < -0.4 is 15.6 Å². The van der Waals surface area contributed by atoms with Crippen molar-refractivity contribution in [3.8, 4) is 17.1 Å². The second-order valence-electron chi connectivity index (χ2n) is 7.07. The molecule has 0 aliphatic heterocycles. The van der Waals surface area contributed by atoms with Gasteiger partial charge in [-0.2, -0.15) is 0 Å².